The van der Waals surface area contributed by atoms with Gasteiger partial charge in [-0.3, -0.25) is 8.98 Å². The lowest BCUT2D eigenvalue weighted by atomic mass is 9.98. The molecule has 0 bridgehead atoms. The van der Waals surface area contributed by atoms with Gasteiger partial charge >= 0.3 is 10.3 Å². The molecule has 2 fully saturated rings. The lowest BCUT2D eigenvalue weighted by Crippen LogP contribution is -2.53. The predicted molar refractivity (Wildman–Crippen MR) is 114 cm³/mol. The van der Waals surface area contributed by atoms with E-state index in [0.29, 0.717) is 12.3 Å². The van der Waals surface area contributed by atoms with Crippen LogP contribution in [0.5, 0.6) is 0 Å². The predicted octanol–water partition coefficient (Wildman–Crippen LogP) is 1.44. The molecule has 4 atom stereocenters. The Balaban J connectivity index is 2.27. The molecule has 2 N–H and O–H groups in total. The minimum absolute atomic E-state index is 0.000494. The normalized spacial score (nSPS) is 29.5. The van der Waals surface area contributed by atoms with Crippen molar-refractivity contribution in [1.82, 2.24) is 19.8 Å². The van der Waals surface area contributed by atoms with Crippen LogP contribution in [0.4, 0.5) is 0 Å². The van der Waals surface area contributed by atoms with Gasteiger partial charge in [0, 0.05) is 25.0 Å². The number of amides is 1. The Morgan fingerprint density at radius 1 is 1.31 bits per heavy atom. The van der Waals surface area contributed by atoms with Gasteiger partial charge in [0.15, 0.2) is 0 Å². The molecular weight excluding hydrogens is 392 g/mol. The number of hydrogen-bond donors (Lipinski definition) is 2. The number of carbonyl (C=O) groups excluding carboxylic acids is 1. The zero-order valence-electron chi connectivity index (χ0n) is 18.7. The minimum Gasteiger partial charge on any atom is -0.365 e. The highest BCUT2D eigenvalue weighted by atomic mass is 32.2. The van der Waals surface area contributed by atoms with Crippen LogP contribution in [-0.4, -0.2) is 69.0 Å². The average Bonchev–Trinajstić information content (AvgIpc) is 3.19. The van der Waals surface area contributed by atoms with Gasteiger partial charge in [-0.15, -0.1) is 0 Å². The average molecular weight is 429 g/mol. The summed E-state index contributed by atoms with van der Waals surface area (Å²) in [5.74, 6) is -0.132. The van der Waals surface area contributed by atoms with Gasteiger partial charge in [-0.05, 0) is 45.6 Å². The molecule has 0 aromatic heterocycles. The van der Waals surface area contributed by atoms with Crippen molar-refractivity contribution in [2.24, 2.45) is 11.8 Å². The fourth-order valence-corrected chi connectivity index (χ4v) is 4.72. The number of nitrogens with one attached hydrogen (secondary N) is 2. The van der Waals surface area contributed by atoms with Gasteiger partial charge in [0.1, 0.15) is 5.54 Å². The van der Waals surface area contributed by atoms with Crippen molar-refractivity contribution in [3.05, 3.63) is 24.6 Å². The van der Waals surface area contributed by atoms with Crippen LogP contribution in [0.1, 0.15) is 40.5 Å². The molecule has 0 radical (unpaired) electrons. The van der Waals surface area contributed by atoms with E-state index in [4.69, 9.17) is 0 Å². The van der Waals surface area contributed by atoms with Crippen molar-refractivity contribution in [1.29, 1.82) is 0 Å². The second-order valence-electron chi connectivity index (χ2n) is 8.96. The molecule has 2 rings (SSSR count). The summed E-state index contributed by atoms with van der Waals surface area (Å²) in [6.07, 6.45) is 1.45. The molecule has 1 aliphatic heterocycles. The second-order valence-corrected chi connectivity index (χ2v) is 10.4. The van der Waals surface area contributed by atoms with Crippen LogP contribution in [0, 0.1) is 11.8 Å². The van der Waals surface area contributed by atoms with Crippen LogP contribution < -0.4 is 10.0 Å². The zero-order chi connectivity index (χ0) is 22.4. The molecule has 8 nitrogen and oxygen atoms in total. The van der Waals surface area contributed by atoms with Crippen LogP contribution >= 0.6 is 0 Å². The van der Waals surface area contributed by atoms with Gasteiger partial charge in [0.2, 0.25) is 0 Å². The van der Waals surface area contributed by atoms with Crippen molar-refractivity contribution in [3.8, 4) is 0 Å². The number of rotatable bonds is 9. The maximum atomic E-state index is 12.9. The summed E-state index contributed by atoms with van der Waals surface area (Å²) in [6, 6.07) is -0.00775. The zero-order valence-corrected chi connectivity index (χ0v) is 19.5. The van der Waals surface area contributed by atoms with Crippen LogP contribution in [-0.2, 0) is 19.3 Å². The Kier molecular flexibility index (Phi) is 6.47. The third-order valence-corrected chi connectivity index (χ3v) is 7.59. The Hall–Kier alpha value is -1.58. The van der Waals surface area contributed by atoms with Crippen LogP contribution in [0.2, 0.25) is 0 Å². The third kappa shape index (κ3) is 4.32. The van der Waals surface area contributed by atoms with Gasteiger partial charge in [0.25, 0.3) is 5.91 Å². The summed E-state index contributed by atoms with van der Waals surface area (Å²) in [5, 5.41) is 3.29. The van der Waals surface area contributed by atoms with Crippen molar-refractivity contribution < 1.29 is 17.4 Å². The number of nitrogens with zero attached hydrogens (tertiary/aromatic N) is 2. The number of likely N-dealkylation sites (tertiary alicyclic amines) is 1. The van der Waals surface area contributed by atoms with E-state index in [2.05, 4.69) is 48.3 Å². The highest BCUT2D eigenvalue weighted by molar-refractivity contribution is 7.85. The van der Waals surface area contributed by atoms with Gasteiger partial charge < -0.3 is 15.1 Å². The quantitative estimate of drug-likeness (QED) is 0.574. The first-order chi connectivity index (χ1) is 13.2. The molecular formula is C20H36N4O4S. The van der Waals surface area contributed by atoms with E-state index in [-0.39, 0.29) is 17.5 Å². The highest BCUT2D eigenvalue weighted by Crippen LogP contribution is 2.50. The highest BCUT2D eigenvalue weighted by Gasteiger charge is 2.62. The largest absolute Gasteiger partial charge is 0.365 e. The van der Waals surface area contributed by atoms with E-state index in [1.807, 2.05) is 30.6 Å². The van der Waals surface area contributed by atoms with Crippen molar-refractivity contribution in [2.45, 2.75) is 57.7 Å². The Morgan fingerprint density at radius 2 is 1.86 bits per heavy atom. The van der Waals surface area contributed by atoms with Crippen molar-refractivity contribution in [3.63, 3.8) is 0 Å². The van der Waals surface area contributed by atoms with Crippen LogP contribution in [0.15, 0.2) is 24.6 Å². The van der Waals surface area contributed by atoms with E-state index in [9.17, 15) is 13.2 Å². The fraction of sp³-hybridized carbons (Fsp3) is 0.750. The van der Waals surface area contributed by atoms with Crippen molar-refractivity contribution >= 4 is 16.2 Å². The second kappa shape index (κ2) is 7.92. The molecule has 166 valence electrons. The van der Waals surface area contributed by atoms with Gasteiger partial charge in [-0.2, -0.15) is 8.42 Å². The lowest BCUT2D eigenvalue weighted by molar-refractivity contribution is -0.125. The minimum atomic E-state index is -4.11. The van der Waals surface area contributed by atoms with E-state index < -0.39 is 21.8 Å². The smallest absolute Gasteiger partial charge is 0.361 e. The number of carbonyl (C=O) groups is 1. The Morgan fingerprint density at radius 3 is 2.31 bits per heavy atom. The first-order valence-corrected chi connectivity index (χ1v) is 11.3. The molecule has 0 aromatic carbocycles. The summed E-state index contributed by atoms with van der Waals surface area (Å²) in [6.45, 7) is 17.8. The molecule has 1 amide bonds. The summed E-state index contributed by atoms with van der Waals surface area (Å²) in [7, 11) is 0.636. The molecule has 0 spiro atoms. The lowest BCUT2D eigenvalue weighted by Gasteiger charge is -2.42. The fourth-order valence-electron chi connectivity index (χ4n) is 4.23. The van der Waals surface area contributed by atoms with Gasteiger partial charge in [-0.25, -0.2) is 4.72 Å². The van der Waals surface area contributed by atoms with Crippen molar-refractivity contribution in [2.75, 3.05) is 27.7 Å². The first kappa shape index (κ1) is 23.7. The van der Waals surface area contributed by atoms with E-state index in [1.165, 1.54) is 0 Å². The maximum Gasteiger partial charge on any atom is 0.361 e. The Bertz CT molecular complexity index is 794. The molecule has 1 saturated heterocycles. The molecule has 2 aliphatic rings. The molecule has 1 saturated carbocycles. The van der Waals surface area contributed by atoms with Crippen LogP contribution in [0.25, 0.3) is 0 Å². The Labute approximate surface area is 175 Å². The number of likely N-dealkylation sites (N-methyl/N-ethyl adjacent to an activating group) is 2. The van der Waals surface area contributed by atoms with E-state index in [1.54, 1.807) is 0 Å². The van der Waals surface area contributed by atoms with Gasteiger partial charge in [0.05, 0.1) is 18.7 Å². The van der Waals surface area contributed by atoms with Gasteiger partial charge in [-0.1, -0.05) is 27.0 Å². The summed E-state index contributed by atoms with van der Waals surface area (Å²) >= 11 is 0. The molecule has 29 heavy (non-hydrogen) atoms. The topological polar surface area (TPSA) is 91.0 Å². The standard InChI is InChI=1S/C20H36N4O4S/c1-13-10-17(24(12-13)16(4)19(5,6)21-7)15(3)23(8)20(11-14(20)2)18(25)22-29(26,27)28-9/h13-14,17,21H,3-4,10-12H2,1-2,5-9H3,(H,22,25). The van der Waals surface area contributed by atoms with Crippen LogP contribution in [0.3, 0.4) is 0 Å². The first-order valence-electron chi connectivity index (χ1n) is 9.93. The molecule has 9 heteroatoms. The molecule has 0 aromatic rings. The summed E-state index contributed by atoms with van der Waals surface area (Å²) < 4.78 is 29.9. The summed E-state index contributed by atoms with van der Waals surface area (Å²) in [4.78, 5) is 17.0. The SMILES string of the molecule is C=C(C1CC(C)CN1C(=C)C(C)(C)NC)N(C)C1(C(=O)NS(=O)(=O)OC)CC1C. The summed E-state index contributed by atoms with van der Waals surface area (Å²) in [5.41, 5.74) is 0.528. The number of hydrogen-bond acceptors (Lipinski definition) is 7. The van der Waals surface area contributed by atoms with E-state index >= 15 is 0 Å². The monoisotopic (exact) mass is 428 g/mol. The van der Waals surface area contributed by atoms with E-state index in [0.717, 1.165) is 31.5 Å². The third-order valence-electron chi connectivity index (χ3n) is 6.72. The molecule has 1 aliphatic carbocycles. The molecule has 4 unspecified atom stereocenters. The molecule has 1 heterocycles. The maximum absolute atomic E-state index is 12.9.